The molecule has 3 rings (SSSR count). The largest absolute Gasteiger partial charge is 0.350 e. The molecule has 0 fully saturated rings. The van der Waals surface area contributed by atoms with Crippen LogP contribution in [-0.4, -0.2) is 10.8 Å². The van der Waals surface area contributed by atoms with Crippen LogP contribution in [0.25, 0.3) is 0 Å². The Hall–Kier alpha value is -3.67. The molecule has 0 aliphatic heterocycles. The lowest BCUT2D eigenvalue weighted by Crippen LogP contribution is -2.12. The van der Waals surface area contributed by atoms with Crippen LogP contribution in [0.5, 0.6) is 0 Å². The Bertz CT molecular complexity index is 938. The zero-order chi connectivity index (χ0) is 18.5. The normalized spacial score (nSPS) is 10.2. The van der Waals surface area contributed by atoms with Gasteiger partial charge in [-0.15, -0.1) is 0 Å². The van der Waals surface area contributed by atoms with Crippen molar-refractivity contribution in [2.75, 3.05) is 10.6 Å². The van der Waals surface area contributed by atoms with Crippen molar-refractivity contribution in [1.82, 2.24) is 0 Å². The first-order valence-electron chi connectivity index (χ1n) is 8.01. The lowest BCUT2D eigenvalue weighted by atomic mass is 10.1. The zero-order valence-corrected chi connectivity index (χ0v) is 14.1. The van der Waals surface area contributed by atoms with Gasteiger partial charge in [-0.3, -0.25) is 14.9 Å². The summed E-state index contributed by atoms with van der Waals surface area (Å²) in [6.07, 6.45) is 0. The highest BCUT2D eigenvalue weighted by Crippen LogP contribution is 2.30. The first-order valence-corrected chi connectivity index (χ1v) is 8.01. The van der Waals surface area contributed by atoms with Crippen LogP contribution in [-0.2, 0) is 0 Å². The number of rotatable bonds is 5. The molecule has 3 aromatic rings. The van der Waals surface area contributed by atoms with Crippen LogP contribution >= 0.6 is 0 Å². The fourth-order valence-corrected chi connectivity index (χ4v) is 2.45. The topological polar surface area (TPSA) is 84.3 Å². The Labute approximate surface area is 150 Å². The molecule has 130 valence electrons. The second-order valence-corrected chi connectivity index (χ2v) is 5.80. The van der Waals surface area contributed by atoms with E-state index in [0.717, 1.165) is 11.3 Å². The van der Waals surface area contributed by atoms with Gasteiger partial charge in [0.2, 0.25) is 0 Å². The first-order chi connectivity index (χ1) is 12.5. The van der Waals surface area contributed by atoms with Crippen LogP contribution in [0.15, 0.2) is 72.8 Å². The Morgan fingerprint density at radius 2 is 1.62 bits per heavy atom. The number of nitrogens with one attached hydrogen (secondary N) is 2. The third-order valence-electron chi connectivity index (χ3n) is 3.82. The standard InChI is InChI=1S/C20H17N3O3/c1-14-7-9-15(10-8-14)20(24)22-17-11-12-18(19(13-17)23(25)26)21-16-5-3-2-4-6-16/h2-13,21H,1H3,(H,22,24). The summed E-state index contributed by atoms with van der Waals surface area (Å²) >= 11 is 0. The summed E-state index contributed by atoms with van der Waals surface area (Å²) in [5.41, 5.74) is 2.89. The van der Waals surface area contributed by atoms with Gasteiger partial charge in [0, 0.05) is 23.0 Å². The monoisotopic (exact) mass is 347 g/mol. The van der Waals surface area contributed by atoms with Gasteiger partial charge in [0.15, 0.2) is 0 Å². The van der Waals surface area contributed by atoms with E-state index >= 15 is 0 Å². The van der Waals surface area contributed by atoms with Gasteiger partial charge in [0.25, 0.3) is 11.6 Å². The highest BCUT2D eigenvalue weighted by molar-refractivity contribution is 6.04. The van der Waals surface area contributed by atoms with E-state index in [1.54, 1.807) is 24.3 Å². The van der Waals surface area contributed by atoms with Crippen molar-refractivity contribution < 1.29 is 9.72 Å². The van der Waals surface area contributed by atoms with E-state index in [0.29, 0.717) is 16.9 Å². The average molecular weight is 347 g/mol. The van der Waals surface area contributed by atoms with E-state index in [4.69, 9.17) is 0 Å². The van der Waals surface area contributed by atoms with Crippen LogP contribution in [0.2, 0.25) is 0 Å². The van der Waals surface area contributed by atoms with E-state index in [-0.39, 0.29) is 11.6 Å². The minimum atomic E-state index is -0.479. The molecule has 0 bridgehead atoms. The quantitative estimate of drug-likeness (QED) is 0.508. The van der Waals surface area contributed by atoms with E-state index in [1.807, 2.05) is 49.4 Å². The van der Waals surface area contributed by atoms with Gasteiger partial charge in [-0.2, -0.15) is 0 Å². The zero-order valence-electron chi connectivity index (χ0n) is 14.1. The fraction of sp³-hybridized carbons (Fsp3) is 0.0500. The molecule has 0 radical (unpaired) electrons. The summed E-state index contributed by atoms with van der Waals surface area (Å²) in [7, 11) is 0. The number of carbonyl (C=O) groups is 1. The number of carbonyl (C=O) groups excluding carboxylic acids is 1. The van der Waals surface area contributed by atoms with Gasteiger partial charge in [0.05, 0.1) is 4.92 Å². The Morgan fingerprint density at radius 1 is 0.923 bits per heavy atom. The molecule has 0 aliphatic carbocycles. The first kappa shape index (κ1) is 17.2. The molecule has 0 heterocycles. The molecule has 0 atom stereocenters. The predicted octanol–water partition coefficient (Wildman–Crippen LogP) is 4.90. The minimum absolute atomic E-state index is 0.115. The Balaban J connectivity index is 1.83. The second kappa shape index (κ2) is 7.48. The van der Waals surface area contributed by atoms with Gasteiger partial charge >= 0.3 is 0 Å². The molecule has 6 heteroatoms. The highest BCUT2D eigenvalue weighted by Gasteiger charge is 2.16. The second-order valence-electron chi connectivity index (χ2n) is 5.80. The molecule has 2 N–H and O–H groups in total. The van der Waals surface area contributed by atoms with Gasteiger partial charge < -0.3 is 10.6 Å². The fourth-order valence-electron chi connectivity index (χ4n) is 2.45. The summed E-state index contributed by atoms with van der Waals surface area (Å²) in [5.74, 6) is -0.317. The molecule has 1 amide bonds. The van der Waals surface area contributed by atoms with Crippen molar-refractivity contribution in [2.24, 2.45) is 0 Å². The lowest BCUT2D eigenvalue weighted by Gasteiger charge is -2.10. The minimum Gasteiger partial charge on any atom is -0.350 e. The number of nitro benzene ring substituents is 1. The molecule has 26 heavy (non-hydrogen) atoms. The Kier molecular flexibility index (Phi) is 4.94. The summed E-state index contributed by atoms with van der Waals surface area (Å²) in [6.45, 7) is 1.93. The third kappa shape index (κ3) is 4.05. The molecule has 3 aromatic carbocycles. The van der Waals surface area contributed by atoms with E-state index in [2.05, 4.69) is 10.6 Å². The van der Waals surface area contributed by atoms with Crippen molar-refractivity contribution in [3.63, 3.8) is 0 Å². The molecular formula is C20H17N3O3. The number of nitrogens with zero attached hydrogens (tertiary/aromatic N) is 1. The van der Waals surface area contributed by atoms with Crippen LogP contribution in [0.3, 0.4) is 0 Å². The van der Waals surface area contributed by atoms with Crippen molar-refractivity contribution in [1.29, 1.82) is 0 Å². The van der Waals surface area contributed by atoms with Gasteiger partial charge in [-0.05, 0) is 43.3 Å². The molecule has 0 saturated heterocycles. The summed E-state index contributed by atoms with van der Waals surface area (Å²) in [6, 6.07) is 20.8. The van der Waals surface area contributed by atoms with Crippen molar-refractivity contribution in [2.45, 2.75) is 6.92 Å². The summed E-state index contributed by atoms with van der Waals surface area (Å²) in [4.78, 5) is 23.2. The average Bonchev–Trinajstić information content (AvgIpc) is 2.64. The number of hydrogen-bond acceptors (Lipinski definition) is 4. The number of anilines is 3. The molecule has 0 spiro atoms. The maximum atomic E-state index is 12.3. The van der Waals surface area contributed by atoms with Crippen molar-refractivity contribution >= 4 is 28.7 Å². The maximum Gasteiger partial charge on any atom is 0.294 e. The Morgan fingerprint density at radius 3 is 2.27 bits per heavy atom. The number of benzene rings is 3. The smallest absolute Gasteiger partial charge is 0.294 e. The van der Waals surface area contributed by atoms with Crippen LogP contribution in [0.4, 0.5) is 22.7 Å². The van der Waals surface area contributed by atoms with Gasteiger partial charge in [-0.1, -0.05) is 35.9 Å². The molecule has 0 aromatic heterocycles. The highest BCUT2D eigenvalue weighted by atomic mass is 16.6. The summed E-state index contributed by atoms with van der Waals surface area (Å²) < 4.78 is 0. The molecule has 0 aliphatic rings. The number of nitro groups is 1. The van der Waals surface area contributed by atoms with E-state index in [9.17, 15) is 14.9 Å². The predicted molar refractivity (Wildman–Crippen MR) is 102 cm³/mol. The molecule has 0 saturated carbocycles. The van der Waals surface area contributed by atoms with Gasteiger partial charge in [0.1, 0.15) is 5.69 Å². The number of hydrogen-bond donors (Lipinski definition) is 2. The van der Waals surface area contributed by atoms with Crippen molar-refractivity contribution in [3.8, 4) is 0 Å². The van der Waals surface area contributed by atoms with Crippen LogP contribution < -0.4 is 10.6 Å². The van der Waals surface area contributed by atoms with Crippen molar-refractivity contribution in [3.05, 3.63) is 94.0 Å². The number of para-hydroxylation sites is 1. The third-order valence-corrected chi connectivity index (χ3v) is 3.82. The SMILES string of the molecule is Cc1ccc(C(=O)Nc2ccc(Nc3ccccc3)c([N+](=O)[O-])c2)cc1. The molecule has 0 unspecified atom stereocenters. The maximum absolute atomic E-state index is 12.3. The lowest BCUT2D eigenvalue weighted by molar-refractivity contribution is -0.383. The van der Waals surface area contributed by atoms with Crippen LogP contribution in [0, 0.1) is 17.0 Å². The number of aryl methyl sites for hydroxylation is 1. The number of amides is 1. The van der Waals surface area contributed by atoms with E-state index in [1.165, 1.54) is 6.07 Å². The van der Waals surface area contributed by atoms with Gasteiger partial charge in [-0.25, -0.2) is 0 Å². The van der Waals surface area contributed by atoms with E-state index < -0.39 is 4.92 Å². The summed E-state index contributed by atoms with van der Waals surface area (Å²) in [5, 5.41) is 17.1. The molecule has 6 nitrogen and oxygen atoms in total. The van der Waals surface area contributed by atoms with Crippen LogP contribution in [0.1, 0.15) is 15.9 Å². The molecular weight excluding hydrogens is 330 g/mol.